The number of carbonyl (C=O) groups is 2. The number of hydrogen-bond donors (Lipinski definition) is 3. The van der Waals surface area contributed by atoms with Gasteiger partial charge >= 0.3 is 0 Å². The highest BCUT2D eigenvalue weighted by molar-refractivity contribution is 7.89. The fourth-order valence-electron chi connectivity index (χ4n) is 2.46. The number of nitrogens with one attached hydrogen (secondary N) is 3. The van der Waals surface area contributed by atoms with Crippen molar-refractivity contribution >= 4 is 33.2 Å². The number of rotatable bonds is 7. The predicted octanol–water partition coefficient (Wildman–Crippen LogP) is 2.27. The van der Waals surface area contributed by atoms with Gasteiger partial charge in [0.2, 0.25) is 21.8 Å². The Morgan fingerprint density at radius 1 is 1.00 bits per heavy atom. The number of anilines is 2. The summed E-state index contributed by atoms with van der Waals surface area (Å²) in [5.74, 6) is -0.137. The number of ether oxygens (including phenoxy) is 1. The van der Waals surface area contributed by atoms with E-state index in [0.717, 1.165) is 0 Å². The summed E-state index contributed by atoms with van der Waals surface area (Å²) in [7, 11) is -2.37. The molecule has 0 heterocycles. The van der Waals surface area contributed by atoms with Gasteiger partial charge in [-0.05, 0) is 61.9 Å². The molecular weight excluding hydrogens is 382 g/mol. The molecule has 2 amide bonds. The van der Waals surface area contributed by atoms with Crippen LogP contribution >= 0.6 is 0 Å². The Labute approximate surface area is 164 Å². The second-order valence-corrected chi connectivity index (χ2v) is 7.94. The number of aryl methyl sites for hydroxylation is 1. The van der Waals surface area contributed by atoms with Crippen molar-refractivity contribution in [2.24, 2.45) is 0 Å². The molecule has 1 unspecified atom stereocenters. The first-order valence-corrected chi connectivity index (χ1v) is 9.96. The molecule has 3 N–H and O–H groups in total. The van der Waals surface area contributed by atoms with Gasteiger partial charge in [-0.2, -0.15) is 4.72 Å². The van der Waals surface area contributed by atoms with E-state index < -0.39 is 22.0 Å². The molecule has 1 atom stereocenters. The fraction of sp³-hybridized carbons (Fsp3) is 0.263. The lowest BCUT2D eigenvalue weighted by atomic mass is 10.2. The van der Waals surface area contributed by atoms with E-state index >= 15 is 0 Å². The Morgan fingerprint density at radius 3 is 2.07 bits per heavy atom. The molecule has 0 fully saturated rings. The number of sulfonamides is 1. The number of amides is 2. The molecule has 9 heteroatoms. The van der Waals surface area contributed by atoms with Crippen molar-refractivity contribution in [3.63, 3.8) is 0 Å². The van der Waals surface area contributed by atoms with Crippen molar-refractivity contribution in [1.29, 1.82) is 0 Å². The molecule has 2 rings (SSSR count). The molecule has 0 aliphatic heterocycles. The topological polar surface area (TPSA) is 114 Å². The van der Waals surface area contributed by atoms with Gasteiger partial charge in [-0.25, -0.2) is 8.42 Å². The third kappa shape index (κ3) is 5.54. The van der Waals surface area contributed by atoms with Gasteiger partial charge in [0.15, 0.2) is 0 Å². The Bertz CT molecular complexity index is 972. The molecule has 150 valence electrons. The van der Waals surface area contributed by atoms with Crippen molar-refractivity contribution in [3.05, 3.63) is 48.0 Å². The van der Waals surface area contributed by atoms with Gasteiger partial charge < -0.3 is 15.4 Å². The van der Waals surface area contributed by atoms with Gasteiger partial charge in [-0.1, -0.05) is 0 Å². The maximum atomic E-state index is 12.5. The van der Waals surface area contributed by atoms with E-state index in [1.165, 1.54) is 33.1 Å². The normalized spacial score (nSPS) is 12.1. The van der Waals surface area contributed by atoms with E-state index in [1.54, 1.807) is 37.3 Å². The summed E-state index contributed by atoms with van der Waals surface area (Å²) in [6.07, 6.45) is 0. The lowest BCUT2D eigenvalue weighted by Gasteiger charge is -2.15. The standard InChI is InChI=1S/C19H23N3O5S/c1-12-11-17(9-10-18(12)27-4)28(25,26)22-13(2)19(24)21-16-7-5-15(6-8-16)20-14(3)23/h5-11,13,22H,1-4H3,(H,20,23)(H,21,24). The largest absolute Gasteiger partial charge is 0.496 e. The van der Waals surface area contributed by atoms with Gasteiger partial charge in [0.1, 0.15) is 5.75 Å². The monoisotopic (exact) mass is 405 g/mol. The number of hydrogen-bond acceptors (Lipinski definition) is 5. The van der Waals surface area contributed by atoms with Gasteiger partial charge in [-0.3, -0.25) is 9.59 Å². The van der Waals surface area contributed by atoms with Crippen LogP contribution in [0.4, 0.5) is 11.4 Å². The lowest BCUT2D eigenvalue weighted by Crippen LogP contribution is -2.41. The van der Waals surface area contributed by atoms with Crippen LogP contribution in [0, 0.1) is 6.92 Å². The van der Waals surface area contributed by atoms with Gasteiger partial charge in [0, 0.05) is 18.3 Å². The molecule has 2 aromatic carbocycles. The zero-order chi connectivity index (χ0) is 20.9. The molecule has 0 aliphatic rings. The van der Waals surface area contributed by atoms with E-state index in [1.807, 2.05) is 0 Å². The first-order chi connectivity index (χ1) is 13.1. The first-order valence-electron chi connectivity index (χ1n) is 8.48. The molecule has 0 saturated carbocycles. The number of carbonyl (C=O) groups excluding carboxylic acids is 2. The molecule has 2 aromatic rings. The maximum absolute atomic E-state index is 12.5. The molecule has 8 nitrogen and oxygen atoms in total. The van der Waals surface area contributed by atoms with Crippen molar-refractivity contribution in [1.82, 2.24) is 4.72 Å². The molecule has 0 saturated heterocycles. The summed E-state index contributed by atoms with van der Waals surface area (Å²) in [6.45, 7) is 4.58. The van der Waals surface area contributed by atoms with Crippen LogP contribution < -0.4 is 20.1 Å². The van der Waals surface area contributed by atoms with Crippen LogP contribution in [0.15, 0.2) is 47.4 Å². The lowest BCUT2D eigenvalue weighted by molar-refractivity contribution is -0.117. The fourth-order valence-corrected chi connectivity index (χ4v) is 3.75. The van der Waals surface area contributed by atoms with E-state index in [-0.39, 0.29) is 10.8 Å². The molecule has 0 radical (unpaired) electrons. The van der Waals surface area contributed by atoms with Crippen LogP contribution in [-0.4, -0.2) is 33.4 Å². The molecular formula is C19H23N3O5S. The predicted molar refractivity (Wildman–Crippen MR) is 107 cm³/mol. The Balaban J connectivity index is 2.04. The smallest absolute Gasteiger partial charge is 0.242 e. The average Bonchev–Trinajstić information content (AvgIpc) is 2.62. The van der Waals surface area contributed by atoms with E-state index in [0.29, 0.717) is 22.7 Å². The first kappa shape index (κ1) is 21.4. The second-order valence-electron chi connectivity index (χ2n) is 6.22. The quantitative estimate of drug-likeness (QED) is 0.654. The Hall–Kier alpha value is -2.91. The molecule has 0 aromatic heterocycles. The van der Waals surface area contributed by atoms with Gasteiger partial charge in [0.05, 0.1) is 18.0 Å². The zero-order valence-corrected chi connectivity index (χ0v) is 16.9. The summed E-state index contributed by atoms with van der Waals surface area (Å²) >= 11 is 0. The summed E-state index contributed by atoms with van der Waals surface area (Å²) in [5.41, 5.74) is 1.74. The van der Waals surface area contributed by atoms with E-state index in [4.69, 9.17) is 4.74 Å². The summed E-state index contributed by atoms with van der Waals surface area (Å²) in [5, 5.41) is 5.25. The molecule has 0 spiro atoms. The summed E-state index contributed by atoms with van der Waals surface area (Å²) in [6, 6.07) is 9.94. The molecule has 0 bridgehead atoms. The van der Waals surface area contributed by atoms with Crippen LogP contribution in [-0.2, 0) is 19.6 Å². The van der Waals surface area contributed by atoms with Crippen molar-refractivity contribution in [2.75, 3.05) is 17.7 Å². The number of benzene rings is 2. The van der Waals surface area contributed by atoms with Crippen LogP contribution in [0.3, 0.4) is 0 Å². The maximum Gasteiger partial charge on any atom is 0.242 e. The third-order valence-electron chi connectivity index (χ3n) is 3.87. The Kier molecular flexibility index (Phi) is 6.76. The van der Waals surface area contributed by atoms with Crippen molar-refractivity contribution in [2.45, 2.75) is 31.7 Å². The summed E-state index contributed by atoms with van der Waals surface area (Å²) in [4.78, 5) is 23.4. The van der Waals surface area contributed by atoms with Crippen molar-refractivity contribution < 1.29 is 22.7 Å². The van der Waals surface area contributed by atoms with E-state index in [9.17, 15) is 18.0 Å². The van der Waals surface area contributed by atoms with Gasteiger partial charge in [-0.15, -0.1) is 0 Å². The highest BCUT2D eigenvalue weighted by Gasteiger charge is 2.22. The van der Waals surface area contributed by atoms with Crippen LogP contribution in [0.25, 0.3) is 0 Å². The minimum Gasteiger partial charge on any atom is -0.496 e. The van der Waals surface area contributed by atoms with Crippen LogP contribution in [0.5, 0.6) is 5.75 Å². The van der Waals surface area contributed by atoms with E-state index in [2.05, 4.69) is 15.4 Å². The zero-order valence-electron chi connectivity index (χ0n) is 16.1. The Morgan fingerprint density at radius 2 is 1.57 bits per heavy atom. The van der Waals surface area contributed by atoms with Gasteiger partial charge in [0.25, 0.3) is 0 Å². The highest BCUT2D eigenvalue weighted by Crippen LogP contribution is 2.21. The SMILES string of the molecule is COc1ccc(S(=O)(=O)NC(C)C(=O)Nc2ccc(NC(C)=O)cc2)cc1C. The summed E-state index contributed by atoms with van der Waals surface area (Å²) < 4.78 is 32.5. The number of methoxy groups -OCH3 is 1. The minimum absolute atomic E-state index is 0.0464. The van der Waals surface area contributed by atoms with Crippen LogP contribution in [0.2, 0.25) is 0 Å². The average molecular weight is 405 g/mol. The third-order valence-corrected chi connectivity index (χ3v) is 5.41. The van der Waals surface area contributed by atoms with Crippen LogP contribution in [0.1, 0.15) is 19.4 Å². The molecule has 28 heavy (non-hydrogen) atoms. The highest BCUT2D eigenvalue weighted by atomic mass is 32.2. The molecule has 0 aliphatic carbocycles. The van der Waals surface area contributed by atoms with Crippen molar-refractivity contribution in [3.8, 4) is 5.75 Å². The second kappa shape index (κ2) is 8.85. The minimum atomic E-state index is -3.88.